The molecule has 0 radical (unpaired) electrons. The number of rotatable bonds is 11. The highest BCUT2D eigenvalue weighted by Gasteiger charge is 2.31. The normalized spacial score (nSPS) is 15.0. The molecular weight excluding hydrogens is 418 g/mol. The van der Waals surface area contributed by atoms with Gasteiger partial charge >= 0.3 is 0 Å². The Morgan fingerprint density at radius 2 is 1.79 bits per heavy atom. The molecule has 1 heterocycles. The van der Waals surface area contributed by atoms with E-state index in [1.165, 1.54) is 0 Å². The van der Waals surface area contributed by atoms with E-state index in [1.807, 2.05) is 61.5 Å². The molecule has 1 aliphatic heterocycles. The van der Waals surface area contributed by atoms with Crippen LogP contribution in [0.2, 0.25) is 0 Å². The lowest BCUT2D eigenvalue weighted by molar-refractivity contribution is -0.141. The summed E-state index contributed by atoms with van der Waals surface area (Å²) in [5.74, 6) is 0.559. The van der Waals surface area contributed by atoms with Crippen molar-refractivity contribution in [3.63, 3.8) is 0 Å². The Morgan fingerprint density at radius 1 is 1.09 bits per heavy atom. The lowest BCUT2D eigenvalue weighted by Gasteiger charge is -2.32. The van der Waals surface area contributed by atoms with Gasteiger partial charge < -0.3 is 19.7 Å². The number of amides is 2. The highest BCUT2D eigenvalue weighted by Crippen LogP contribution is 2.25. The Kier molecular flexibility index (Phi) is 9.72. The van der Waals surface area contributed by atoms with Crippen molar-refractivity contribution >= 4 is 11.8 Å². The Balaban J connectivity index is 1.80. The molecule has 7 nitrogen and oxygen atoms in total. The van der Waals surface area contributed by atoms with Crippen LogP contribution >= 0.6 is 0 Å². The fourth-order valence-electron chi connectivity index (χ4n) is 3.98. The molecule has 0 aliphatic carbocycles. The quantitative estimate of drug-likeness (QED) is 0.566. The van der Waals surface area contributed by atoms with Gasteiger partial charge in [-0.15, -0.1) is 0 Å². The van der Waals surface area contributed by atoms with Gasteiger partial charge in [0.25, 0.3) is 0 Å². The first-order valence-electron chi connectivity index (χ1n) is 11.7. The number of hydrogen-bond acceptors (Lipinski definition) is 5. The summed E-state index contributed by atoms with van der Waals surface area (Å²) < 4.78 is 10.6. The highest BCUT2D eigenvalue weighted by molar-refractivity contribution is 5.88. The number of nitrogens with one attached hydrogen (secondary N) is 1. The fraction of sp³-hybridized carbons (Fsp3) is 0.462. The van der Waals surface area contributed by atoms with Gasteiger partial charge in [-0.3, -0.25) is 14.5 Å². The van der Waals surface area contributed by atoms with Crippen LogP contribution in [0.5, 0.6) is 5.75 Å². The van der Waals surface area contributed by atoms with Crippen molar-refractivity contribution in [2.45, 2.75) is 32.4 Å². The maximum absolute atomic E-state index is 13.5. The van der Waals surface area contributed by atoms with Gasteiger partial charge in [-0.1, -0.05) is 49.4 Å². The summed E-state index contributed by atoms with van der Waals surface area (Å²) in [5, 5.41) is 3.07. The van der Waals surface area contributed by atoms with Gasteiger partial charge in [-0.25, -0.2) is 0 Å². The van der Waals surface area contributed by atoms with E-state index in [9.17, 15) is 9.59 Å². The summed E-state index contributed by atoms with van der Waals surface area (Å²) in [4.78, 5) is 30.6. The third kappa shape index (κ3) is 7.30. The average molecular weight is 454 g/mol. The van der Waals surface area contributed by atoms with Crippen LogP contribution in [0.15, 0.2) is 54.6 Å². The molecule has 1 N–H and O–H groups in total. The van der Waals surface area contributed by atoms with Crippen LogP contribution in [0.3, 0.4) is 0 Å². The molecule has 0 bridgehead atoms. The number of morpholine rings is 1. The lowest BCUT2D eigenvalue weighted by atomic mass is 10.0. The third-order valence-electron chi connectivity index (χ3n) is 5.80. The van der Waals surface area contributed by atoms with Crippen LogP contribution < -0.4 is 10.1 Å². The van der Waals surface area contributed by atoms with Crippen LogP contribution in [0.25, 0.3) is 0 Å². The van der Waals surface area contributed by atoms with Crippen molar-refractivity contribution < 1.29 is 19.1 Å². The van der Waals surface area contributed by atoms with Crippen molar-refractivity contribution in [3.8, 4) is 5.75 Å². The van der Waals surface area contributed by atoms with Crippen LogP contribution in [0.1, 0.15) is 36.9 Å². The van der Waals surface area contributed by atoms with Gasteiger partial charge in [0.15, 0.2) is 0 Å². The van der Waals surface area contributed by atoms with Crippen LogP contribution in [-0.2, 0) is 20.9 Å². The summed E-state index contributed by atoms with van der Waals surface area (Å²) in [7, 11) is 1.62. The molecule has 1 aliphatic rings. The fourth-order valence-corrected chi connectivity index (χ4v) is 3.98. The number of benzene rings is 2. The molecule has 7 heteroatoms. The number of nitrogens with zero attached hydrogens (tertiary/aromatic N) is 2. The molecule has 0 unspecified atom stereocenters. The van der Waals surface area contributed by atoms with E-state index in [0.717, 1.165) is 56.1 Å². The second-order valence-electron chi connectivity index (χ2n) is 8.18. The number of carbonyl (C=O) groups excluding carboxylic acids is 2. The molecule has 2 aromatic carbocycles. The van der Waals surface area contributed by atoms with E-state index < -0.39 is 6.04 Å². The van der Waals surface area contributed by atoms with Crippen molar-refractivity contribution in [1.82, 2.24) is 15.1 Å². The SMILES string of the molecule is CCCC(=O)N(Cc1ccc(OC)cc1)[C@H](C(=O)NCCN1CCOCC1)c1ccccc1. The summed E-state index contributed by atoms with van der Waals surface area (Å²) in [5.41, 5.74) is 1.75. The summed E-state index contributed by atoms with van der Waals surface area (Å²) in [6.07, 6.45) is 1.11. The minimum absolute atomic E-state index is 0.0366. The number of hydrogen-bond donors (Lipinski definition) is 1. The molecule has 178 valence electrons. The predicted octanol–water partition coefficient (Wildman–Crippen LogP) is 3.01. The smallest absolute Gasteiger partial charge is 0.247 e. The highest BCUT2D eigenvalue weighted by atomic mass is 16.5. The lowest BCUT2D eigenvalue weighted by Crippen LogP contribution is -2.46. The van der Waals surface area contributed by atoms with Crippen molar-refractivity contribution in [3.05, 3.63) is 65.7 Å². The maximum Gasteiger partial charge on any atom is 0.247 e. The molecule has 1 fully saturated rings. The zero-order valence-electron chi connectivity index (χ0n) is 19.7. The van der Waals surface area contributed by atoms with Gasteiger partial charge in [0.2, 0.25) is 11.8 Å². The van der Waals surface area contributed by atoms with Gasteiger partial charge in [-0.2, -0.15) is 0 Å². The van der Waals surface area contributed by atoms with Crippen molar-refractivity contribution in [2.24, 2.45) is 0 Å². The molecular formula is C26H35N3O4. The molecule has 0 spiro atoms. The zero-order valence-corrected chi connectivity index (χ0v) is 19.7. The maximum atomic E-state index is 13.5. The van der Waals surface area contributed by atoms with E-state index in [4.69, 9.17) is 9.47 Å². The first-order valence-corrected chi connectivity index (χ1v) is 11.7. The Morgan fingerprint density at radius 3 is 2.42 bits per heavy atom. The number of carbonyl (C=O) groups is 2. The molecule has 0 saturated carbocycles. The first-order chi connectivity index (χ1) is 16.1. The van der Waals surface area contributed by atoms with Crippen LogP contribution in [-0.4, -0.2) is 68.1 Å². The number of ether oxygens (including phenoxy) is 2. The molecule has 0 aromatic heterocycles. The van der Waals surface area contributed by atoms with E-state index >= 15 is 0 Å². The zero-order chi connectivity index (χ0) is 23.5. The van der Waals surface area contributed by atoms with Crippen molar-refractivity contribution in [2.75, 3.05) is 46.5 Å². The molecule has 2 amide bonds. The second-order valence-corrected chi connectivity index (χ2v) is 8.18. The Hall–Kier alpha value is -2.90. The van der Waals surface area contributed by atoms with Gasteiger partial charge in [0.1, 0.15) is 11.8 Å². The van der Waals surface area contributed by atoms with E-state index in [0.29, 0.717) is 19.5 Å². The van der Waals surface area contributed by atoms with Crippen molar-refractivity contribution in [1.29, 1.82) is 0 Å². The van der Waals surface area contributed by atoms with Gasteiger partial charge in [-0.05, 0) is 29.7 Å². The molecule has 33 heavy (non-hydrogen) atoms. The monoisotopic (exact) mass is 453 g/mol. The van der Waals surface area contributed by atoms with E-state index in [-0.39, 0.29) is 11.8 Å². The second kappa shape index (κ2) is 13.0. The van der Waals surface area contributed by atoms with Gasteiger partial charge in [0, 0.05) is 39.1 Å². The van der Waals surface area contributed by atoms with Crippen LogP contribution in [0, 0.1) is 0 Å². The molecule has 2 aromatic rings. The summed E-state index contributed by atoms with van der Waals surface area (Å²) in [6, 6.07) is 16.5. The summed E-state index contributed by atoms with van der Waals surface area (Å²) in [6.45, 7) is 6.80. The predicted molar refractivity (Wildman–Crippen MR) is 128 cm³/mol. The van der Waals surface area contributed by atoms with Crippen LogP contribution in [0.4, 0.5) is 0 Å². The molecule has 1 atom stereocenters. The largest absolute Gasteiger partial charge is 0.497 e. The topological polar surface area (TPSA) is 71.1 Å². The van der Waals surface area contributed by atoms with Gasteiger partial charge in [0.05, 0.1) is 20.3 Å². The Bertz CT molecular complexity index is 867. The minimum Gasteiger partial charge on any atom is -0.497 e. The number of methoxy groups -OCH3 is 1. The first kappa shape index (κ1) is 24.7. The third-order valence-corrected chi connectivity index (χ3v) is 5.80. The molecule has 1 saturated heterocycles. The minimum atomic E-state index is -0.697. The van der Waals surface area contributed by atoms with E-state index in [2.05, 4.69) is 10.2 Å². The molecule has 3 rings (SSSR count). The standard InChI is InChI=1S/C26H35N3O4/c1-3-7-24(30)29(20-21-10-12-23(32-2)13-11-21)25(22-8-5-4-6-9-22)26(31)27-14-15-28-16-18-33-19-17-28/h4-6,8-13,25H,3,7,14-20H2,1-2H3,(H,27,31)/t25-/m0/s1. The Labute approximate surface area is 196 Å². The van der Waals surface area contributed by atoms with E-state index in [1.54, 1.807) is 12.0 Å². The summed E-state index contributed by atoms with van der Waals surface area (Å²) >= 11 is 0. The average Bonchev–Trinajstić information content (AvgIpc) is 2.85.